The maximum absolute atomic E-state index is 12.2. The van der Waals surface area contributed by atoms with Gasteiger partial charge in [-0.1, -0.05) is 0 Å². The lowest BCUT2D eigenvalue weighted by Crippen LogP contribution is -2.37. The van der Waals surface area contributed by atoms with Crippen molar-refractivity contribution in [2.75, 3.05) is 20.2 Å². The molecule has 0 aromatic heterocycles. The first-order chi connectivity index (χ1) is 9.94. The molecular formula is C12H17N3O5S. The van der Waals surface area contributed by atoms with Gasteiger partial charge in [0, 0.05) is 12.6 Å². The van der Waals surface area contributed by atoms with Gasteiger partial charge in [0.2, 0.25) is 10.0 Å². The van der Waals surface area contributed by atoms with Crippen molar-refractivity contribution < 1.29 is 18.1 Å². The third-order valence-electron chi connectivity index (χ3n) is 3.33. The lowest BCUT2D eigenvalue weighted by atomic mass is 10.2. The fraction of sp³-hybridized carbons (Fsp3) is 0.500. The standard InChI is InChI=1S/C12H17N3O5S/c1-20-10-4-5-12(11(7-10)15(16)17)21(18,19)14-8-9-3-2-6-13-9/h4-5,7,9,13-14H,2-3,6,8H2,1H3. The second kappa shape index (κ2) is 6.37. The summed E-state index contributed by atoms with van der Waals surface area (Å²) in [6.07, 6.45) is 1.88. The van der Waals surface area contributed by atoms with Gasteiger partial charge >= 0.3 is 0 Å². The van der Waals surface area contributed by atoms with Crippen LogP contribution in [-0.2, 0) is 10.0 Å². The smallest absolute Gasteiger partial charge is 0.293 e. The summed E-state index contributed by atoms with van der Waals surface area (Å²) in [6, 6.07) is 3.73. The maximum atomic E-state index is 12.2. The number of nitrogens with one attached hydrogen (secondary N) is 2. The van der Waals surface area contributed by atoms with Crippen molar-refractivity contribution in [3.05, 3.63) is 28.3 Å². The normalized spacial score (nSPS) is 18.6. The molecule has 1 fully saturated rings. The Bertz CT molecular complexity index is 626. The van der Waals surface area contributed by atoms with Gasteiger partial charge in [-0.05, 0) is 31.5 Å². The molecule has 0 aliphatic carbocycles. The van der Waals surface area contributed by atoms with E-state index in [1.54, 1.807) is 0 Å². The highest BCUT2D eigenvalue weighted by Crippen LogP contribution is 2.28. The van der Waals surface area contributed by atoms with Crippen LogP contribution in [0, 0.1) is 10.1 Å². The highest BCUT2D eigenvalue weighted by atomic mass is 32.2. The van der Waals surface area contributed by atoms with E-state index in [1.165, 1.54) is 19.2 Å². The number of rotatable bonds is 6. The van der Waals surface area contributed by atoms with Gasteiger partial charge < -0.3 is 10.1 Å². The van der Waals surface area contributed by atoms with E-state index < -0.39 is 20.6 Å². The van der Waals surface area contributed by atoms with E-state index >= 15 is 0 Å². The van der Waals surface area contributed by atoms with E-state index in [-0.39, 0.29) is 23.2 Å². The second-order valence-corrected chi connectivity index (χ2v) is 6.47. The number of sulfonamides is 1. The molecule has 0 radical (unpaired) electrons. The molecule has 1 heterocycles. The number of ether oxygens (including phenoxy) is 1. The van der Waals surface area contributed by atoms with E-state index in [2.05, 4.69) is 10.0 Å². The van der Waals surface area contributed by atoms with Crippen molar-refractivity contribution in [2.24, 2.45) is 0 Å². The number of methoxy groups -OCH3 is 1. The SMILES string of the molecule is COc1ccc(S(=O)(=O)NCC2CCCN2)c([N+](=O)[O-])c1. The quantitative estimate of drug-likeness (QED) is 0.588. The molecule has 21 heavy (non-hydrogen) atoms. The molecule has 0 bridgehead atoms. The van der Waals surface area contributed by atoms with E-state index in [0.717, 1.165) is 25.5 Å². The summed E-state index contributed by atoms with van der Waals surface area (Å²) in [5.74, 6) is 0.234. The van der Waals surface area contributed by atoms with Crippen LogP contribution in [0.3, 0.4) is 0 Å². The first-order valence-corrected chi connectivity index (χ1v) is 7.98. The largest absolute Gasteiger partial charge is 0.497 e. The number of benzene rings is 1. The van der Waals surface area contributed by atoms with Crippen LogP contribution in [0.2, 0.25) is 0 Å². The van der Waals surface area contributed by atoms with Gasteiger partial charge in [-0.15, -0.1) is 0 Å². The lowest BCUT2D eigenvalue weighted by Gasteiger charge is -2.12. The van der Waals surface area contributed by atoms with Crippen LogP contribution in [-0.4, -0.2) is 39.6 Å². The summed E-state index contributed by atoms with van der Waals surface area (Å²) < 4.78 is 31.8. The Labute approximate surface area is 122 Å². The lowest BCUT2D eigenvalue weighted by molar-refractivity contribution is -0.387. The summed E-state index contributed by atoms with van der Waals surface area (Å²) in [7, 11) is -2.58. The number of nitro groups is 1. The summed E-state index contributed by atoms with van der Waals surface area (Å²) in [6.45, 7) is 1.07. The molecule has 1 saturated heterocycles. The van der Waals surface area contributed by atoms with Crippen LogP contribution in [0.25, 0.3) is 0 Å². The zero-order valence-corrected chi connectivity index (χ0v) is 12.4. The van der Waals surface area contributed by atoms with Crippen LogP contribution >= 0.6 is 0 Å². The predicted molar refractivity (Wildman–Crippen MR) is 75.9 cm³/mol. The van der Waals surface area contributed by atoms with Crippen LogP contribution in [0.4, 0.5) is 5.69 Å². The van der Waals surface area contributed by atoms with Gasteiger partial charge in [0.25, 0.3) is 5.69 Å². The van der Waals surface area contributed by atoms with Gasteiger partial charge in [-0.2, -0.15) is 0 Å². The number of nitrogens with zero attached hydrogens (tertiary/aromatic N) is 1. The zero-order valence-electron chi connectivity index (χ0n) is 11.5. The first kappa shape index (κ1) is 15.7. The predicted octanol–water partition coefficient (Wildman–Crippen LogP) is 0.634. The van der Waals surface area contributed by atoms with E-state index in [9.17, 15) is 18.5 Å². The van der Waals surface area contributed by atoms with Crippen molar-refractivity contribution in [3.8, 4) is 5.75 Å². The third-order valence-corrected chi connectivity index (χ3v) is 4.81. The van der Waals surface area contributed by atoms with Crippen LogP contribution in [0.5, 0.6) is 5.75 Å². The monoisotopic (exact) mass is 315 g/mol. The Hall–Kier alpha value is -1.71. The molecule has 1 unspecified atom stereocenters. The van der Waals surface area contributed by atoms with Crippen molar-refractivity contribution in [1.82, 2.24) is 10.0 Å². The topological polar surface area (TPSA) is 111 Å². The zero-order chi connectivity index (χ0) is 15.5. The van der Waals surface area contributed by atoms with Crippen molar-refractivity contribution >= 4 is 15.7 Å². The summed E-state index contributed by atoms with van der Waals surface area (Å²) in [5, 5.41) is 14.2. The minimum Gasteiger partial charge on any atom is -0.497 e. The highest BCUT2D eigenvalue weighted by Gasteiger charge is 2.27. The second-order valence-electron chi connectivity index (χ2n) is 4.74. The summed E-state index contributed by atoms with van der Waals surface area (Å²) in [4.78, 5) is 9.96. The molecule has 0 saturated carbocycles. The van der Waals surface area contributed by atoms with Crippen LogP contribution in [0.15, 0.2) is 23.1 Å². The van der Waals surface area contributed by atoms with E-state index in [1.807, 2.05) is 0 Å². The molecule has 116 valence electrons. The third kappa shape index (κ3) is 3.69. The van der Waals surface area contributed by atoms with Gasteiger partial charge in [-0.3, -0.25) is 10.1 Å². The fourth-order valence-corrected chi connectivity index (χ4v) is 3.45. The molecule has 0 spiro atoms. The molecule has 1 aliphatic rings. The van der Waals surface area contributed by atoms with E-state index in [4.69, 9.17) is 4.74 Å². The molecule has 2 rings (SSSR count). The Kier molecular flexibility index (Phi) is 4.76. The molecule has 1 atom stereocenters. The van der Waals surface area contributed by atoms with Gasteiger partial charge in [0.15, 0.2) is 4.90 Å². The highest BCUT2D eigenvalue weighted by molar-refractivity contribution is 7.89. The maximum Gasteiger partial charge on any atom is 0.293 e. The van der Waals surface area contributed by atoms with Gasteiger partial charge in [-0.25, -0.2) is 13.1 Å². The summed E-state index contributed by atoms with van der Waals surface area (Å²) >= 11 is 0. The number of hydrogen-bond donors (Lipinski definition) is 2. The van der Waals surface area contributed by atoms with Gasteiger partial charge in [0.05, 0.1) is 18.1 Å². The molecular weight excluding hydrogens is 298 g/mol. The van der Waals surface area contributed by atoms with Crippen LogP contribution in [0.1, 0.15) is 12.8 Å². The first-order valence-electron chi connectivity index (χ1n) is 6.49. The molecule has 1 aliphatic heterocycles. The Morgan fingerprint density at radius 1 is 1.52 bits per heavy atom. The van der Waals surface area contributed by atoms with Crippen LogP contribution < -0.4 is 14.8 Å². The minimum atomic E-state index is -3.94. The minimum absolute atomic E-state index is 0.0667. The average molecular weight is 315 g/mol. The molecule has 1 aromatic rings. The van der Waals surface area contributed by atoms with Crippen molar-refractivity contribution in [2.45, 2.75) is 23.8 Å². The van der Waals surface area contributed by atoms with Crippen molar-refractivity contribution in [1.29, 1.82) is 0 Å². The Balaban J connectivity index is 2.23. The Morgan fingerprint density at radius 2 is 2.29 bits per heavy atom. The molecule has 1 aromatic carbocycles. The number of hydrogen-bond acceptors (Lipinski definition) is 6. The van der Waals surface area contributed by atoms with Crippen molar-refractivity contribution in [3.63, 3.8) is 0 Å². The number of nitro benzene ring substituents is 1. The average Bonchev–Trinajstić information content (AvgIpc) is 2.98. The Morgan fingerprint density at radius 3 is 2.86 bits per heavy atom. The molecule has 0 amide bonds. The molecule has 2 N–H and O–H groups in total. The van der Waals surface area contributed by atoms with Gasteiger partial charge in [0.1, 0.15) is 5.75 Å². The molecule has 9 heteroatoms. The van der Waals surface area contributed by atoms with E-state index in [0.29, 0.717) is 0 Å². The fourth-order valence-electron chi connectivity index (χ4n) is 2.21. The molecule has 8 nitrogen and oxygen atoms in total. The summed E-state index contributed by atoms with van der Waals surface area (Å²) in [5.41, 5.74) is -0.499.